The summed E-state index contributed by atoms with van der Waals surface area (Å²) in [5, 5.41) is 1.39. The molecule has 0 saturated carbocycles. The van der Waals surface area contributed by atoms with Crippen molar-refractivity contribution in [1.29, 1.82) is 0 Å². The van der Waals surface area contributed by atoms with Gasteiger partial charge in [0, 0.05) is 0 Å². The molecule has 0 amide bonds. The summed E-state index contributed by atoms with van der Waals surface area (Å²) in [6.45, 7) is 6.12. The summed E-state index contributed by atoms with van der Waals surface area (Å²) in [6, 6.07) is 11.4. The van der Waals surface area contributed by atoms with E-state index in [1.807, 2.05) is 12.1 Å². The first-order chi connectivity index (χ1) is 11.3. The van der Waals surface area contributed by atoms with Crippen LogP contribution in [0, 0.1) is 5.41 Å². The first-order valence-electron chi connectivity index (χ1n) is 7.89. The molecular weight excluding hydrogens is 320 g/mol. The van der Waals surface area contributed by atoms with Crippen LogP contribution in [-0.2, 0) is 19.1 Å². The number of hydrogen-bond donors (Lipinski definition) is 0. The molecule has 0 fully saturated rings. The molecule has 0 aromatic heterocycles. The van der Waals surface area contributed by atoms with Gasteiger partial charge in [0.05, 0.1) is 22.3 Å². The van der Waals surface area contributed by atoms with E-state index in [1.165, 1.54) is 26.3 Å². The van der Waals surface area contributed by atoms with E-state index in [-0.39, 0.29) is 6.42 Å². The lowest BCUT2D eigenvalue weighted by Crippen LogP contribution is -2.40. The van der Waals surface area contributed by atoms with Crippen LogP contribution in [0.5, 0.6) is 0 Å². The monoisotopic (exact) mass is 346 g/mol. The highest BCUT2D eigenvalue weighted by atomic mass is 28.3. The molecule has 24 heavy (non-hydrogen) atoms. The third-order valence-corrected chi connectivity index (χ3v) is 7.31. The van der Waals surface area contributed by atoms with Gasteiger partial charge in [0.1, 0.15) is 0 Å². The van der Waals surface area contributed by atoms with Crippen molar-refractivity contribution in [2.75, 3.05) is 14.2 Å². The third-order valence-electron chi connectivity index (χ3n) is 4.19. The van der Waals surface area contributed by atoms with Crippen molar-refractivity contribution in [2.45, 2.75) is 32.5 Å². The SMILES string of the molecule is COC(=O)C(C)(CC=C=CC[Si](C)(C)c1ccccc1)C(=O)OC. The highest BCUT2D eigenvalue weighted by Gasteiger charge is 2.42. The third kappa shape index (κ3) is 4.95. The minimum absolute atomic E-state index is 0.191. The smallest absolute Gasteiger partial charge is 0.323 e. The van der Waals surface area contributed by atoms with Gasteiger partial charge in [-0.3, -0.25) is 9.59 Å². The molecule has 0 N–H and O–H groups in total. The summed E-state index contributed by atoms with van der Waals surface area (Å²) < 4.78 is 9.43. The Balaban J connectivity index is 2.79. The van der Waals surface area contributed by atoms with Crippen LogP contribution in [0.15, 0.2) is 48.2 Å². The fraction of sp³-hybridized carbons (Fsp3) is 0.421. The van der Waals surface area contributed by atoms with E-state index in [1.54, 1.807) is 6.08 Å². The molecule has 0 atom stereocenters. The van der Waals surface area contributed by atoms with Gasteiger partial charge in [0.25, 0.3) is 0 Å². The molecular formula is C19H26O4Si. The Kier molecular flexibility index (Phi) is 7.20. The molecule has 1 rings (SSSR count). The molecule has 0 bridgehead atoms. The number of methoxy groups -OCH3 is 2. The van der Waals surface area contributed by atoms with Crippen molar-refractivity contribution in [1.82, 2.24) is 0 Å². The molecule has 0 heterocycles. The van der Waals surface area contributed by atoms with E-state index < -0.39 is 25.4 Å². The number of benzene rings is 1. The number of esters is 2. The Labute approximate surface area is 145 Å². The van der Waals surface area contributed by atoms with Crippen LogP contribution in [0.2, 0.25) is 19.1 Å². The van der Waals surface area contributed by atoms with Crippen molar-refractivity contribution in [2.24, 2.45) is 5.41 Å². The van der Waals surface area contributed by atoms with E-state index in [9.17, 15) is 9.59 Å². The normalized spacial score (nSPS) is 11.2. The number of carbonyl (C=O) groups excluding carboxylic acids is 2. The van der Waals surface area contributed by atoms with Crippen LogP contribution in [0.1, 0.15) is 13.3 Å². The van der Waals surface area contributed by atoms with E-state index in [2.05, 4.69) is 43.1 Å². The Hall–Kier alpha value is -2.10. The minimum Gasteiger partial charge on any atom is -0.468 e. The van der Waals surface area contributed by atoms with Crippen LogP contribution in [0.3, 0.4) is 0 Å². The molecule has 0 unspecified atom stereocenters. The fourth-order valence-corrected chi connectivity index (χ4v) is 4.33. The van der Waals surface area contributed by atoms with E-state index >= 15 is 0 Å². The lowest BCUT2D eigenvalue weighted by Gasteiger charge is -2.21. The van der Waals surface area contributed by atoms with Gasteiger partial charge in [-0.1, -0.05) is 48.6 Å². The van der Waals surface area contributed by atoms with Crippen LogP contribution in [0.25, 0.3) is 0 Å². The van der Waals surface area contributed by atoms with Gasteiger partial charge < -0.3 is 9.47 Å². The summed E-state index contributed by atoms with van der Waals surface area (Å²) in [5.41, 5.74) is 1.76. The summed E-state index contributed by atoms with van der Waals surface area (Å²) in [7, 11) is 0.968. The molecule has 0 aliphatic heterocycles. The van der Waals surface area contributed by atoms with Gasteiger partial charge in [0.2, 0.25) is 0 Å². The standard InChI is InChI=1S/C19H26O4Si/c1-19(17(20)22-2,18(21)23-3)14-10-7-11-15-24(4,5)16-12-8-6-9-13-16/h6,8-13H,14-15H2,1-5H3. The predicted molar refractivity (Wildman–Crippen MR) is 97.8 cm³/mol. The lowest BCUT2D eigenvalue weighted by atomic mass is 9.87. The molecule has 0 aliphatic carbocycles. The van der Waals surface area contributed by atoms with Gasteiger partial charge in [-0.25, -0.2) is 0 Å². The van der Waals surface area contributed by atoms with Crippen molar-refractivity contribution < 1.29 is 19.1 Å². The zero-order chi connectivity index (χ0) is 18.2. The lowest BCUT2D eigenvalue weighted by molar-refractivity contribution is -0.167. The second-order valence-electron chi connectivity index (χ2n) is 6.55. The topological polar surface area (TPSA) is 52.6 Å². The Morgan fingerprint density at radius 2 is 1.62 bits per heavy atom. The highest BCUT2D eigenvalue weighted by molar-refractivity contribution is 6.90. The largest absolute Gasteiger partial charge is 0.468 e. The predicted octanol–water partition coefficient (Wildman–Crippen LogP) is 3.06. The van der Waals surface area contributed by atoms with Gasteiger partial charge in [0.15, 0.2) is 5.41 Å². The van der Waals surface area contributed by atoms with Crippen molar-refractivity contribution >= 4 is 25.2 Å². The molecule has 0 saturated heterocycles. The van der Waals surface area contributed by atoms with Crippen LogP contribution < -0.4 is 5.19 Å². The molecule has 4 nitrogen and oxygen atoms in total. The van der Waals surface area contributed by atoms with Crippen LogP contribution >= 0.6 is 0 Å². The maximum atomic E-state index is 11.9. The van der Waals surface area contributed by atoms with Crippen molar-refractivity contribution in [3.05, 3.63) is 48.2 Å². The maximum absolute atomic E-state index is 11.9. The Morgan fingerprint density at radius 3 is 2.12 bits per heavy atom. The first-order valence-corrected chi connectivity index (χ1v) is 11.1. The molecule has 0 aliphatic rings. The zero-order valence-corrected chi connectivity index (χ0v) is 16.1. The average molecular weight is 346 g/mol. The number of rotatable bonds is 7. The average Bonchev–Trinajstić information content (AvgIpc) is 2.60. The molecule has 0 spiro atoms. The summed E-state index contributed by atoms with van der Waals surface area (Å²) in [6.07, 6.45) is 3.87. The van der Waals surface area contributed by atoms with Crippen molar-refractivity contribution in [3.63, 3.8) is 0 Å². The molecule has 5 heteroatoms. The summed E-state index contributed by atoms with van der Waals surface area (Å²) in [4.78, 5) is 23.7. The number of hydrogen-bond acceptors (Lipinski definition) is 4. The van der Waals surface area contributed by atoms with Crippen molar-refractivity contribution in [3.8, 4) is 0 Å². The Bertz CT molecular complexity index is 612. The number of ether oxygens (including phenoxy) is 2. The van der Waals surface area contributed by atoms with Gasteiger partial charge in [-0.15, -0.1) is 5.73 Å². The maximum Gasteiger partial charge on any atom is 0.323 e. The summed E-state index contributed by atoms with van der Waals surface area (Å²) in [5.74, 6) is -1.21. The second-order valence-corrected chi connectivity index (χ2v) is 11.3. The molecule has 0 radical (unpaired) electrons. The quantitative estimate of drug-likeness (QED) is 0.329. The van der Waals surface area contributed by atoms with Gasteiger partial charge in [-0.2, -0.15) is 0 Å². The zero-order valence-electron chi connectivity index (χ0n) is 15.1. The highest BCUT2D eigenvalue weighted by Crippen LogP contribution is 2.25. The van der Waals surface area contributed by atoms with E-state index in [4.69, 9.17) is 9.47 Å². The Morgan fingerprint density at radius 1 is 1.08 bits per heavy atom. The first kappa shape index (κ1) is 19.9. The molecule has 1 aromatic rings. The van der Waals surface area contributed by atoms with Gasteiger partial charge in [-0.05, 0) is 31.5 Å². The van der Waals surface area contributed by atoms with Crippen LogP contribution in [0.4, 0.5) is 0 Å². The number of allylic oxidation sites excluding steroid dienone is 1. The van der Waals surface area contributed by atoms with Crippen LogP contribution in [-0.4, -0.2) is 34.2 Å². The molecule has 130 valence electrons. The number of carbonyl (C=O) groups is 2. The van der Waals surface area contributed by atoms with E-state index in [0.29, 0.717) is 0 Å². The minimum atomic E-state index is -1.55. The second kappa shape index (κ2) is 8.67. The fourth-order valence-electron chi connectivity index (χ4n) is 2.37. The molecule has 1 aromatic carbocycles. The summed E-state index contributed by atoms with van der Waals surface area (Å²) >= 11 is 0. The van der Waals surface area contributed by atoms with E-state index in [0.717, 1.165) is 6.04 Å². The van der Waals surface area contributed by atoms with Gasteiger partial charge >= 0.3 is 11.9 Å².